The zero-order valence-corrected chi connectivity index (χ0v) is 20.5. The van der Waals surface area contributed by atoms with Gasteiger partial charge in [0.05, 0.1) is 6.04 Å². The molecule has 7 N–H and O–H groups in total. The lowest BCUT2D eigenvalue weighted by atomic mass is 9.94. The van der Waals surface area contributed by atoms with Crippen LogP contribution in [0.15, 0.2) is 0 Å². The van der Waals surface area contributed by atoms with E-state index in [1.807, 2.05) is 27.7 Å². The van der Waals surface area contributed by atoms with Gasteiger partial charge in [0.1, 0.15) is 18.1 Å². The van der Waals surface area contributed by atoms with Crippen LogP contribution in [0.1, 0.15) is 72.6 Å². The maximum absolute atomic E-state index is 13.2. The number of nitrogens with one attached hydrogen (secondary N) is 4. The highest BCUT2D eigenvalue weighted by molar-refractivity contribution is 5.94. The lowest BCUT2D eigenvalue weighted by molar-refractivity contribution is -0.143. The van der Waals surface area contributed by atoms with Gasteiger partial charge >= 0.3 is 5.97 Å². The number of hydrogen-bond donors (Lipinski definition) is 6. The van der Waals surface area contributed by atoms with Crippen molar-refractivity contribution in [1.82, 2.24) is 21.3 Å². The lowest BCUT2D eigenvalue weighted by Gasteiger charge is -2.30. The fraction of sp³-hybridized carbons (Fsp3) is 0.826. The summed E-state index contributed by atoms with van der Waals surface area (Å²) in [5.74, 6) is -2.68. The summed E-state index contributed by atoms with van der Waals surface area (Å²) < 4.78 is 0. The fourth-order valence-corrected chi connectivity index (χ4v) is 3.82. The first-order valence-corrected chi connectivity index (χ1v) is 12.2. The van der Waals surface area contributed by atoms with Gasteiger partial charge in [-0.3, -0.25) is 14.4 Å². The van der Waals surface area contributed by atoms with E-state index in [0.717, 1.165) is 19.4 Å². The van der Waals surface area contributed by atoms with Crippen LogP contribution in [-0.2, 0) is 19.2 Å². The van der Waals surface area contributed by atoms with E-state index >= 15 is 0 Å². The summed E-state index contributed by atoms with van der Waals surface area (Å²) in [7, 11) is 0. The third-order valence-corrected chi connectivity index (χ3v) is 6.52. The summed E-state index contributed by atoms with van der Waals surface area (Å²) in [6.07, 6.45) is 4.40. The van der Waals surface area contributed by atoms with Crippen molar-refractivity contribution in [3.63, 3.8) is 0 Å². The molecule has 0 spiro atoms. The first-order chi connectivity index (χ1) is 15.7. The standard InChI is InChI=1S/C23H43N5O5/c1-5-14(3)18(21(30)26-17(23(32)33)10-7-8-12-24)28-22(31)19(15(4)6-2)27-20(29)16-11-9-13-25-16/h14-19,25H,5-13,24H2,1-4H3,(H,26,30)(H,27,29)(H,28,31)(H,32,33). The van der Waals surface area contributed by atoms with E-state index in [2.05, 4.69) is 21.3 Å². The summed E-state index contributed by atoms with van der Waals surface area (Å²) in [5.41, 5.74) is 5.48. The number of nitrogens with two attached hydrogens (primary N) is 1. The van der Waals surface area contributed by atoms with E-state index in [1.165, 1.54) is 0 Å². The van der Waals surface area contributed by atoms with Gasteiger partial charge in [0.2, 0.25) is 17.7 Å². The minimum atomic E-state index is -1.12. The number of unbranched alkanes of at least 4 members (excludes halogenated alkanes) is 1. The van der Waals surface area contributed by atoms with Crippen molar-refractivity contribution < 1.29 is 24.3 Å². The maximum atomic E-state index is 13.2. The Bertz CT molecular complexity index is 653. The summed E-state index contributed by atoms with van der Waals surface area (Å²) in [4.78, 5) is 50.5. The molecule has 0 saturated carbocycles. The van der Waals surface area contributed by atoms with E-state index in [4.69, 9.17) is 5.73 Å². The predicted molar refractivity (Wildman–Crippen MR) is 126 cm³/mol. The zero-order valence-electron chi connectivity index (χ0n) is 20.5. The topological polar surface area (TPSA) is 163 Å². The molecule has 1 rings (SSSR count). The molecule has 1 aliphatic heterocycles. The van der Waals surface area contributed by atoms with Crippen LogP contribution in [-0.4, -0.2) is 66.1 Å². The molecule has 190 valence electrons. The highest BCUT2D eigenvalue weighted by atomic mass is 16.4. The van der Waals surface area contributed by atoms with Crippen molar-refractivity contribution in [3.8, 4) is 0 Å². The Kier molecular flexibility index (Phi) is 13.0. The minimum Gasteiger partial charge on any atom is -0.480 e. The molecule has 3 amide bonds. The van der Waals surface area contributed by atoms with Gasteiger partial charge < -0.3 is 32.1 Å². The van der Waals surface area contributed by atoms with Crippen molar-refractivity contribution >= 4 is 23.7 Å². The number of carbonyl (C=O) groups excluding carboxylic acids is 3. The molecular weight excluding hydrogens is 426 g/mol. The van der Waals surface area contributed by atoms with Crippen LogP contribution in [0, 0.1) is 11.8 Å². The molecule has 1 saturated heterocycles. The number of amides is 3. The van der Waals surface area contributed by atoms with Crippen LogP contribution in [0.5, 0.6) is 0 Å². The van der Waals surface area contributed by atoms with E-state index in [9.17, 15) is 24.3 Å². The molecule has 10 nitrogen and oxygen atoms in total. The first kappa shape index (κ1) is 28.8. The van der Waals surface area contributed by atoms with Crippen LogP contribution < -0.4 is 27.0 Å². The number of carboxylic acids is 1. The van der Waals surface area contributed by atoms with Crippen molar-refractivity contribution in [2.75, 3.05) is 13.1 Å². The molecule has 0 radical (unpaired) electrons. The lowest BCUT2D eigenvalue weighted by Crippen LogP contribution is -2.59. The summed E-state index contributed by atoms with van der Waals surface area (Å²) in [6, 6.07) is -3.06. The molecule has 0 aliphatic carbocycles. The molecular formula is C23H43N5O5. The second-order valence-electron chi connectivity index (χ2n) is 9.08. The van der Waals surface area contributed by atoms with Crippen LogP contribution in [0.25, 0.3) is 0 Å². The maximum Gasteiger partial charge on any atom is 0.326 e. The van der Waals surface area contributed by atoms with E-state index in [1.54, 1.807) is 0 Å². The summed E-state index contributed by atoms with van der Waals surface area (Å²) in [6.45, 7) is 8.75. The van der Waals surface area contributed by atoms with E-state index in [0.29, 0.717) is 32.2 Å². The van der Waals surface area contributed by atoms with Crippen LogP contribution in [0.3, 0.4) is 0 Å². The average Bonchev–Trinajstić information content (AvgIpc) is 3.34. The Hall–Kier alpha value is -2.20. The summed E-state index contributed by atoms with van der Waals surface area (Å²) >= 11 is 0. The van der Waals surface area contributed by atoms with Gasteiger partial charge in [-0.2, -0.15) is 0 Å². The SMILES string of the molecule is CCC(C)C(NC(=O)C1CCCN1)C(=O)NC(C(=O)NC(CCCCN)C(=O)O)C(C)CC. The summed E-state index contributed by atoms with van der Waals surface area (Å²) in [5, 5.41) is 20.8. The largest absolute Gasteiger partial charge is 0.480 e. The number of carboxylic acid groups (broad SMARTS) is 1. The quantitative estimate of drug-likeness (QED) is 0.190. The third kappa shape index (κ3) is 9.29. The third-order valence-electron chi connectivity index (χ3n) is 6.52. The molecule has 0 aromatic rings. The number of aliphatic carboxylic acids is 1. The Morgan fingerprint density at radius 3 is 2.03 bits per heavy atom. The van der Waals surface area contributed by atoms with Crippen molar-refractivity contribution in [2.24, 2.45) is 17.6 Å². The Morgan fingerprint density at radius 1 is 0.970 bits per heavy atom. The molecule has 6 atom stereocenters. The van der Waals surface area contributed by atoms with Gasteiger partial charge in [-0.25, -0.2) is 4.79 Å². The van der Waals surface area contributed by atoms with Gasteiger partial charge in [0.15, 0.2) is 0 Å². The normalized spacial score (nSPS) is 20.2. The van der Waals surface area contributed by atoms with Crippen LogP contribution in [0.2, 0.25) is 0 Å². The molecule has 1 fully saturated rings. The van der Waals surface area contributed by atoms with Gasteiger partial charge in [-0.15, -0.1) is 0 Å². The smallest absolute Gasteiger partial charge is 0.326 e. The minimum absolute atomic E-state index is 0.140. The Morgan fingerprint density at radius 2 is 1.55 bits per heavy atom. The van der Waals surface area contributed by atoms with Crippen molar-refractivity contribution in [3.05, 3.63) is 0 Å². The molecule has 0 aromatic carbocycles. The monoisotopic (exact) mass is 469 g/mol. The fourth-order valence-electron chi connectivity index (χ4n) is 3.82. The van der Waals surface area contributed by atoms with Crippen LogP contribution in [0.4, 0.5) is 0 Å². The first-order valence-electron chi connectivity index (χ1n) is 12.2. The van der Waals surface area contributed by atoms with Crippen LogP contribution >= 0.6 is 0 Å². The van der Waals surface area contributed by atoms with Crippen molar-refractivity contribution in [1.29, 1.82) is 0 Å². The highest BCUT2D eigenvalue weighted by Gasteiger charge is 2.35. The molecule has 0 bridgehead atoms. The van der Waals surface area contributed by atoms with Gasteiger partial charge in [-0.05, 0) is 57.0 Å². The molecule has 0 aromatic heterocycles. The van der Waals surface area contributed by atoms with Gasteiger partial charge in [0, 0.05) is 0 Å². The van der Waals surface area contributed by atoms with Gasteiger partial charge in [-0.1, -0.05) is 40.5 Å². The number of rotatable bonds is 15. The molecule has 10 heteroatoms. The average molecular weight is 470 g/mol. The molecule has 6 unspecified atom stereocenters. The van der Waals surface area contributed by atoms with E-state index < -0.39 is 35.9 Å². The number of carbonyl (C=O) groups is 4. The Labute approximate surface area is 197 Å². The number of hydrogen-bond acceptors (Lipinski definition) is 6. The van der Waals surface area contributed by atoms with Crippen molar-refractivity contribution in [2.45, 2.75) is 96.8 Å². The predicted octanol–water partition coefficient (Wildman–Crippen LogP) is 0.499. The molecule has 1 heterocycles. The van der Waals surface area contributed by atoms with E-state index in [-0.39, 0.29) is 30.2 Å². The second-order valence-corrected chi connectivity index (χ2v) is 9.08. The molecule has 1 aliphatic rings. The Balaban J connectivity index is 2.93. The highest BCUT2D eigenvalue weighted by Crippen LogP contribution is 2.14. The second kappa shape index (κ2) is 14.8. The van der Waals surface area contributed by atoms with Gasteiger partial charge in [0.25, 0.3) is 0 Å². The zero-order chi connectivity index (χ0) is 25.0. The molecule has 33 heavy (non-hydrogen) atoms.